The number of hydrogen-bond acceptors (Lipinski definition) is 6. The Morgan fingerprint density at radius 2 is 1.94 bits per heavy atom. The number of hydrazine groups is 1. The van der Waals surface area contributed by atoms with Crippen LogP contribution in [0, 0.1) is 6.92 Å². The van der Waals surface area contributed by atoms with Crippen molar-refractivity contribution < 1.29 is 9.59 Å². The number of hydrogen-bond donors (Lipinski definition) is 1. The number of carbonyl (C=O) groups is 2. The number of fused-ring (bicyclic) bond motifs is 1. The summed E-state index contributed by atoms with van der Waals surface area (Å²) in [7, 11) is 0. The van der Waals surface area contributed by atoms with E-state index in [0.717, 1.165) is 5.56 Å². The van der Waals surface area contributed by atoms with Crippen molar-refractivity contribution in [3.8, 4) is 0 Å². The molecule has 1 amide bonds. The summed E-state index contributed by atoms with van der Waals surface area (Å²) in [5.74, 6) is 0.0567. The quantitative estimate of drug-likeness (QED) is 0.482. The van der Waals surface area contributed by atoms with Crippen LogP contribution >= 0.6 is 11.6 Å². The topological polar surface area (TPSA) is 105 Å². The molecule has 158 valence electrons. The van der Waals surface area contributed by atoms with Crippen LogP contribution in [0.5, 0.6) is 0 Å². The third kappa shape index (κ3) is 3.28. The Bertz CT molecular complexity index is 1380. The van der Waals surface area contributed by atoms with Crippen LogP contribution in [-0.2, 0) is 4.79 Å². The smallest absolute Gasteiger partial charge is 0.276 e. The SMILES string of the molecule is Cc1ccc(Cl)c(N=C2NN(c3ccccc3)C(=O)C2n2cnc3c(C=O)ncnc32)c1. The maximum atomic E-state index is 13.5. The number of aliphatic imine (C=N–C) groups is 1. The molecule has 9 nitrogen and oxygen atoms in total. The van der Waals surface area contributed by atoms with Crippen LogP contribution in [0.15, 0.2) is 66.2 Å². The molecule has 32 heavy (non-hydrogen) atoms. The number of rotatable bonds is 4. The average Bonchev–Trinajstić information content (AvgIpc) is 3.37. The Hall–Kier alpha value is -4.11. The minimum atomic E-state index is -0.897. The number of amides is 1. The Labute approximate surface area is 187 Å². The standard InChI is InChI=1S/C22H16ClN7O2/c1-13-7-8-15(23)16(9-13)27-20-19(22(32)30(28-20)14-5-3-2-4-6-14)29-12-26-18-17(10-31)24-11-25-21(18)29/h2-12,19H,1H3,(H,27,28). The molecule has 2 aromatic heterocycles. The van der Waals surface area contributed by atoms with E-state index in [0.29, 0.717) is 39.7 Å². The van der Waals surface area contributed by atoms with Gasteiger partial charge in [0.1, 0.15) is 17.5 Å². The fraction of sp³-hybridized carbons (Fsp3) is 0.0909. The lowest BCUT2D eigenvalue weighted by Gasteiger charge is -2.15. The zero-order chi connectivity index (χ0) is 22.2. The molecule has 1 unspecified atom stereocenters. The summed E-state index contributed by atoms with van der Waals surface area (Å²) in [6, 6.07) is 13.7. The number of aryl methyl sites for hydroxylation is 1. The van der Waals surface area contributed by atoms with E-state index < -0.39 is 6.04 Å². The zero-order valence-electron chi connectivity index (χ0n) is 16.8. The Morgan fingerprint density at radius 3 is 2.72 bits per heavy atom. The van der Waals surface area contributed by atoms with Gasteiger partial charge in [-0.2, -0.15) is 0 Å². The first-order valence-electron chi connectivity index (χ1n) is 9.70. The number of carbonyl (C=O) groups excluding carboxylic acids is 2. The predicted octanol–water partition coefficient (Wildman–Crippen LogP) is 3.42. The average molecular weight is 446 g/mol. The molecule has 0 bridgehead atoms. The molecule has 1 aliphatic rings. The summed E-state index contributed by atoms with van der Waals surface area (Å²) in [5, 5.41) is 1.87. The van der Waals surface area contributed by atoms with Crippen molar-refractivity contribution in [3.63, 3.8) is 0 Å². The van der Waals surface area contributed by atoms with E-state index in [2.05, 4.69) is 25.4 Å². The molecule has 1 atom stereocenters. The van der Waals surface area contributed by atoms with Gasteiger partial charge in [-0.3, -0.25) is 19.6 Å². The largest absolute Gasteiger partial charge is 0.296 e. The van der Waals surface area contributed by atoms with E-state index in [-0.39, 0.29) is 11.6 Å². The van der Waals surface area contributed by atoms with E-state index in [1.54, 1.807) is 10.6 Å². The highest BCUT2D eigenvalue weighted by atomic mass is 35.5. The predicted molar refractivity (Wildman–Crippen MR) is 120 cm³/mol. The van der Waals surface area contributed by atoms with Crippen molar-refractivity contribution in [2.24, 2.45) is 4.99 Å². The minimum absolute atomic E-state index is 0.146. The second-order valence-corrected chi connectivity index (χ2v) is 7.58. The number of benzene rings is 2. The van der Waals surface area contributed by atoms with Gasteiger partial charge in [-0.25, -0.2) is 25.0 Å². The number of halogens is 1. The second-order valence-electron chi connectivity index (χ2n) is 7.18. The summed E-state index contributed by atoms with van der Waals surface area (Å²) in [6.07, 6.45) is 3.33. The molecule has 10 heteroatoms. The number of imidazole rings is 1. The van der Waals surface area contributed by atoms with Crippen LogP contribution in [-0.4, -0.2) is 37.5 Å². The first kappa shape index (κ1) is 19.8. The van der Waals surface area contributed by atoms with Crippen LogP contribution in [0.25, 0.3) is 11.2 Å². The van der Waals surface area contributed by atoms with Gasteiger partial charge in [-0.05, 0) is 36.8 Å². The van der Waals surface area contributed by atoms with Crippen LogP contribution < -0.4 is 10.4 Å². The van der Waals surface area contributed by atoms with Crippen LogP contribution in [0.3, 0.4) is 0 Å². The van der Waals surface area contributed by atoms with Gasteiger partial charge < -0.3 is 0 Å². The van der Waals surface area contributed by atoms with Gasteiger partial charge >= 0.3 is 0 Å². The number of aldehydes is 1. The Morgan fingerprint density at radius 1 is 1.12 bits per heavy atom. The fourth-order valence-electron chi connectivity index (χ4n) is 3.56. The molecule has 0 saturated carbocycles. The summed E-state index contributed by atoms with van der Waals surface area (Å²) in [4.78, 5) is 42.0. The van der Waals surface area contributed by atoms with Crippen molar-refractivity contribution in [3.05, 3.63) is 77.5 Å². The number of nitrogens with one attached hydrogen (secondary N) is 1. The van der Waals surface area contributed by atoms with Crippen LogP contribution in [0.1, 0.15) is 22.1 Å². The number of nitrogens with zero attached hydrogens (tertiary/aromatic N) is 6. The van der Waals surface area contributed by atoms with Crippen LogP contribution in [0.2, 0.25) is 5.02 Å². The van der Waals surface area contributed by atoms with Crippen molar-refractivity contribution in [1.82, 2.24) is 24.9 Å². The van der Waals surface area contributed by atoms with Gasteiger partial charge in [0.05, 0.1) is 22.7 Å². The first-order valence-corrected chi connectivity index (χ1v) is 10.1. The summed E-state index contributed by atoms with van der Waals surface area (Å²) in [5.41, 5.74) is 6.05. The molecular formula is C22H16ClN7O2. The number of para-hydroxylation sites is 1. The molecule has 2 aromatic carbocycles. The van der Waals surface area contributed by atoms with E-state index in [1.165, 1.54) is 17.7 Å². The molecule has 1 N–H and O–H groups in total. The van der Waals surface area contributed by atoms with Gasteiger partial charge in [0.15, 0.2) is 23.8 Å². The molecule has 0 aliphatic carbocycles. The highest BCUT2D eigenvalue weighted by Crippen LogP contribution is 2.31. The molecule has 1 aliphatic heterocycles. The third-order valence-corrected chi connectivity index (χ3v) is 5.39. The number of amidine groups is 1. The van der Waals surface area contributed by atoms with Crippen molar-refractivity contribution in [1.29, 1.82) is 0 Å². The van der Waals surface area contributed by atoms with Crippen molar-refractivity contribution >= 4 is 52.2 Å². The normalized spacial score (nSPS) is 17.2. The first-order chi connectivity index (χ1) is 15.6. The maximum Gasteiger partial charge on any atom is 0.276 e. The third-order valence-electron chi connectivity index (χ3n) is 5.07. The highest BCUT2D eigenvalue weighted by molar-refractivity contribution is 6.33. The summed E-state index contributed by atoms with van der Waals surface area (Å²) in [6.45, 7) is 1.93. The Kier molecular flexibility index (Phi) is 4.87. The number of aromatic nitrogens is 4. The molecule has 0 spiro atoms. The van der Waals surface area contributed by atoms with Gasteiger partial charge in [-0.15, -0.1) is 0 Å². The molecule has 3 heterocycles. The zero-order valence-corrected chi connectivity index (χ0v) is 17.6. The van der Waals surface area contributed by atoms with Crippen LogP contribution in [0.4, 0.5) is 11.4 Å². The second kappa shape index (κ2) is 7.86. The van der Waals surface area contributed by atoms with Gasteiger partial charge in [0.2, 0.25) is 0 Å². The molecule has 1 saturated heterocycles. The van der Waals surface area contributed by atoms with E-state index in [4.69, 9.17) is 11.6 Å². The lowest BCUT2D eigenvalue weighted by atomic mass is 10.2. The maximum absolute atomic E-state index is 13.5. The molecule has 5 rings (SSSR count). The molecular weight excluding hydrogens is 430 g/mol. The minimum Gasteiger partial charge on any atom is -0.296 e. The van der Waals surface area contributed by atoms with E-state index in [1.807, 2.05) is 49.4 Å². The van der Waals surface area contributed by atoms with Crippen molar-refractivity contribution in [2.75, 3.05) is 5.01 Å². The lowest BCUT2D eigenvalue weighted by molar-refractivity contribution is -0.119. The molecule has 4 aromatic rings. The highest BCUT2D eigenvalue weighted by Gasteiger charge is 2.41. The summed E-state index contributed by atoms with van der Waals surface area (Å²) >= 11 is 6.36. The molecule has 0 radical (unpaired) electrons. The van der Waals surface area contributed by atoms with Gasteiger partial charge in [0, 0.05) is 0 Å². The fourth-order valence-corrected chi connectivity index (χ4v) is 3.72. The molecule has 1 fully saturated rings. The van der Waals surface area contributed by atoms with Crippen molar-refractivity contribution in [2.45, 2.75) is 13.0 Å². The van der Waals surface area contributed by atoms with Gasteiger partial charge in [-0.1, -0.05) is 35.9 Å². The Balaban J connectivity index is 1.68. The lowest BCUT2D eigenvalue weighted by Crippen LogP contribution is -2.35. The van der Waals surface area contributed by atoms with Gasteiger partial charge in [0.25, 0.3) is 5.91 Å². The summed E-state index contributed by atoms with van der Waals surface area (Å²) < 4.78 is 1.57. The van der Waals surface area contributed by atoms with E-state index >= 15 is 0 Å². The van der Waals surface area contributed by atoms with E-state index in [9.17, 15) is 9.59 Å². The monoisotopic (exact) mass is 445 g/mol. The number of anilines is 1.